The monoisotopic (exact) mass is 576 g/mol. The van der Waals surface area contributed by atoms with Gasteiger partial charge in [-0.1, -0.05) is 53.5 Å². The molecule has 5 nitrogen and oxygen atoms in total. The first-order chi connectivity index (χ1) is 18.6. The van der Waals surface area contributed by atoms with E-state index in [-0.39, 0.29) is 12.5 Å². The number of benzene rings is 3. The van der Waals surface area contributed by atoms with Crippen molar-refractivity contribution in [2.75, 3.05) is 13.1 Å². The largest absolute Gasteiger partial charge is 0.489 e. The predicted octanol–water partition coefficient (Wildman–Crippen LogP) is 6.70. The van der Waals surface area contributed by atoms with Gasteiger partial charge in [-0.3, -0.25) is 9.69 Å². The summed E-state index contributed by atoms with van der Waals surface area (Å²) in [6.45, 7) is 2.68. The summed E-state index contributed by atoms with van der Waals surface area (Å²) < 4.78 is 36.0. The van der Waals surface area contributed by atoms with Gasteiger partial charge < -0.3 is 15.2 Å². The number of aliphatic hydroxyl groups is 1. The topological polar surface area (TPSA) is 61.8 Å². The van der Waals surface area contributed by atoms with Crippen LogP contribution in [0.15, 0.2) is 54.6 Å². The summed E-state index contributed by atoms with van der Waals surface area (Å²) in [6.07, 6.45) is 3.17. The van der Waals surface area contributed by atoms with Crippen molar-refractivity contribution in [3.63, 3.8) is 0 Å². The molecule has 0 aromatic heterocycles. The Morgan fingerprint density at radius 2 is 1.77 bits per heavy atom. The molecule has 3 aromatic carbocycles. The third kappa shape index (κ3) is 6.17. The Hall–Kier alpha value is -2.45. The molecule has 1 saturated carbocycles. The van der Waals surface area contributed by atoms with Gasteiger partial charge in [-0.2, -0.15) is 8.78 Å². The van der Waals surface area contributed by atoms with Crippen LogP contribution < -0.4 is 10.1 Å². The van der Waals surface area contributed by atoms with Crippen LogP contribution in [0, 0.1) is 0 Å². The molecular weight excluding hydrogens is 545 g/mol. The van der Waals surface area contributed by atoms with E-state index in [1.807, 2.05) is 29.2 Å². The first-order valence-electron chi connectivity index (χ1n) is 13.4. The highest BCUT2D eigenvalue weighted by atomic mass is 35.5. The second-order valence-electron chi connectivity index (χ2n) is 10.6. The third-order valence-corrected chi connectivity index (χ3v) is 8.17. The molecule has 2 aliphatic rings. The highest BCUT2D eigenvalue weighted by molar-refractivity contribution is 6.32. The number of fused-ring (bicyclic) bond motifs is 1. The maximum atomic E-state index is 15.1. The van der Waals surface area contributed by atoms with Crippen LogP contribution in [-0.2, 0) is 16.9 Å². The number of likely N-dealkylation sites (tertiary alicyclic amines) is 1. The summed E-state index contributed by atoms with van der Waals surface area (Å²) in [7, 11) is 0. The van der Waals surface area contributed by atoms with E-state index in [1.54, 1.807) is 37.3 Å². The van der Waals surface area contributed by atoms with Crippen molar-refractivity contribution in [3.8, 4) is 5.75 Å². The quantitative estimate of drug-likeness (QED) is 0.282. The fourth-order valence-corrected chi connectivity index (χ4v) is 5.60. The summed E-state index contributed by atoms with van der Waals surface area (Å²) in [4.78, 5) is 14.6. The molecule has 1 saturated heterocycles. The number of carbonyl (C=O) groups is 1. The van der Waals surface area contributed by atoms with Gasteiger partial charge in [0.05, 0.1) is 17.2 Å². The van der Waals surface area contributed by atoms with Gasteiger partial charge in [-0.25, -0.2) is 0 Å². The molecule has 1 heterocycles. The van der Waals surface area contributed by atoms with E-state index in [0.717, 1.165) is 36.5 Å². The number of aryl methyl sites for hydroxylation is 1. The van der Waals surface area contributed by atoms with Crippen molar-refractivity contribution in [1.29, 1.82) is 0 Å². The molecule has 2 N–H and O–H groups in total. The SMILES string of the molecule is C[C@@H](NC(=O)C(F)(F)CCc1ccc2cc(Cl)ccc2c1)[C@](O)(c1ccc(OC2CC2)c(Cl)c1)N1CCCC1. The Morgan fingerprint density at radius 1 is 1.08 bits per heavy atom. The summed E-state index contributed by atoms with van der Waals surface area (Å²) in [5, 5.41) is 17.1. The molecule has 0 unspecified atom stereocenters. The van der Waals surface area contributed by atoms with Gasteiger partial charge >= 0.3 is 5.92 Å². The van der Waals surface area contributed by atoms with Crippen LogP contribution in [0.3, 0.4) is 0 Å². The van der Waals surface area contributed by atoms with Crippen LogP contribution in [0.25, 0.3) is 10.8 Å². The van der Waals surface area contributed by atoms with Gasteiger partial charge in [0, 0.05) is 30.1 Å². The minimum atomic E-state index is -3.63. The summed E-state index contributed by atoms with van der Waals surface area (Å²) in [6, 6.07) is 14.8. The highest BCUT2D eigenvalue weighted by Crippen LogP contribution is 2.39. The number of rotatable bonds is 10. The Morgan fingerprint density at radius 3 is 2.46 bits per heavy atom. The maximum absolute atomic E-state index is 15.1. The van der Waals surface area contributed by atoms with Crippen molar-refractivity contribution in [2.45, 2.75) is 69.2 Å². The van der Waals surface area contributed by atoms with Crippen molar-refractivity contribution in [1.82, 2.24) is 10.2 Å². The first kappa shape index (κ1) is 28.1. The zero-order chi connectivity index (χ0) is 27.8. The van der Waals surface area contributed by atoms with Crippen molar-refractivity contribution in [3.05, 3.63) is 75.8 Å². The molecule has 3 aromatic rings. The third-order valence-electron chi connectivity index (χ3n) is 7.64. The standard InChI is InChI=1S/C30H32Cl2F2N2O3/c1-19(30(38,36-14-2-3-15-36)23-7-11-27(26(32)18-23)39-25-9-10-25)35-28(37)29(33,34)13-12-20-4-5-22-17-24(31)8-6-21(22)16-20/h4-8,11,16-19,25,38H,2-3,9-10,12-15H2,1H3,(H,35,37)/t19-,30+/m1/s1. The fourth-order valence-electron chi connectivity index (χ4n) is 5.19. The molecule has 5 rings (SSSR count). The molecule has 0 radical (unpaired) electrons. The van der Waals surface area contributed by atoms with Gasteiger partial charge in [-0.05, 0) is 79.6 Å². The number of nitrogens with zero attached hydrogens (tertiary/aromatic N) is 1. The van der Waals surface area contributed by atoms with Crippen molar-refractivity contribution < 1.29 is 23.4 Å². The molecule has 2 fully saturated rings. The van der Waals surface area contributed by atoms with Crippen LogP contribution in [0.4, 0.5) is 8.78 Å². The van der Waals surface area contributed by atoms with Gasteiger partial charge in [-0.15, -0.1) is 0 Å². The molecule has 1 aliphatic carbocycles. The lowest BCUT2D eigenvalue weighted by Crippen LogP contribution is -2.60. The molecule has 1 amide bonds. The number of alkyl halides is 2. The van der Waals surface area contributed by atoms with E-state index >= 15 is 8.78 Å². The lowest BCUT2D eigenvalue weighted by atomic mass is 9.93. The van der Waals surface area contributed by atoms with Crippen LogP contribution in [0.1, 0.15) is 50.2 Å². The number of hydrogen-bond acceptors (Lipinski definition) is 4. The van der Waals surface area contributed by atoms with Gasteiger partial charge in [0.1, 0.15) is 5.75 Å². The van der Waals surface area contributed by atoms with E-state index in [2.05, 4.69) is 5.32 Å². The molecular formula is C30H32Cl2F2N2O3. The Balaban J connectivity index is 1.30. The fraction of sp³-hybridized carbons (Fsp3) is 0.433. The van der Waals surface area contributed by atoms with E-state index in [9.17, 15) is 9.90 Å². The summed E-state index contributed by atoms with van der Waals surface area (Å²) >= 11 is 12.5. The van der Waals surface area contributed by atoms with E-state index in [4.69, 9.17) is 27.9 Å². The summed E-state index contributed by atoms with van der Waals surface area (Å²) in [5.74, 6) is -4.53. The lowest BCUT2D eigenvalue weighted by Gasteiger charge is -2.42. The average Bonchev–Trinajstić information content (AvgIpc) is 3.55. The zero-order valence-corrected chi connectivity index (χ0v) is 23.2. The Bertz CT molecular complexity index is 1360. The molecule has 9 heteroatoms. The van der Waals surface area contributed by atoms with Gasteiger partial charge in [0.15, 0.2) is 5.72 Å². The number of carbonyl (C=O) groups excluding carboxylic acids is 1. The maximum Gasteiger partial charge on any atom is 0.324 e. The van der Waals surface area contributed by atoms with Crippen molar-refractivity contribution in [2.24, 2.45) is 0 Å². The van der Waals surface area contributed by atoms with Crippen molar-refractivity contribution >= 4 is 39.9 Å². The lowest BCUT2D eigenvalue weighted by molar-refractivity contribution is -0.159. The molecule has 2 atom stereocenters. The van der Waals surface area contributed by atoms with Crippen LogP contribution in [0.5, 0.6) is 5.75 Å². The van der Waals surface area contributed by atoms with Gasteiger partial charge in [0.25, 0.3) is 5.91 Å². The molecule has 0 spiro atoms. The normalized spacial score (nSPS) is 18.6. The predicted molar refractivity (Wildman–Crippen MR) is 150 cm³/mol. The minimum Gasteiger partial charge on any atom is -0.489 e. The second kappa shape index (κ2) is 11.2. The van der Waals surface area contributed by atoms with Gasteiger partial charge in [0.2, 0.25) is 0 Å². The smallest absolute Gasteiger partial charge is 0.324 e. The van der Waals surface area contributed by atoms with E-state index in [1.165, 1.54) is 0 Å². The van der Waals surface area contributed by atoms with E-state index < -0.39 is 30.0 Å². The zero-order valence-electron chi connectivity index (χ0n) is 21.7. The number of amides is 1. The second-order valence-corrected chi connectivity index (χ2v) is 11.5. The molecule has 39 heavy (non-hydrogen) atoms. The Kier molecular flexibility index (Phi) is 8.07. The molecule has 208 valence electrons. The van der Waals surface area contributed by atoms with E-state index in [0.29, 0.717) is 40.0 Å². The first-order valence-corrected chi connectivity index (χ1v) is 14.1. The average molecular weight is 577 g/mol. The number of nitrogens with one attached hydrogen (secondary N) is 1. The number of halogens is 4. The summed E-state index contributed by atoms with van der Waals surface area (Å²) in [5.41, 5.74) is -0.601. The minimum absolute atomic E-state index is 0.0157. The highest BCUT2D eigenvalue weighted by Gasteiger charge is 2.47. The number of hydrogen-bond donors (Lipinski definition) is 2. The molecule has 0 bridgehead atoms. The number of ether oxygens (including phenoxy) is 1. The molecule has 1 aliphatic heterocycles. The van der Waals surface area contributed by atoms with Crippen LogP contribution in [-0.4, -0.2) is 47.1 Å². The van der Waals surface area contributed by atoms with Crippen LogP contribution >= 0.6 is 23.2 Å². The van der Waals surface area contributed by atoms with Crippen LogP contribution in [0.2, 0.25) is 10.0 Å². The Labute approximate surface area is 237 Å².